The molecule has 4 aromatic rings. The highest BCUT2D eigenvalue weighted by atomic mass is 79.9. The van der Waals surface area contributed by atoms with E-state index in [1.165, 1.54) is 5.39 Å². The lowest BCUT2D eigenvalue weighted by Crippen LogP contribution is -2.08. The van der Waals surface area contributed by atoms with Gasteiger partial charge in [-0.2, -0.15) is 0 Å². The van der Waals surface area contributed by atoms with Gasteiger partial charge in [-0.1, -0.05) is 52.3 Å². The third-order valence-corrected chi connectivity index (χ3v) is 5.47. The molecule has 120 valence electrons. The van der Waals surface area contributed by atoms with Crippen LogP contribution in [0.4, 0.5) is 0 Å². The van der Waals surface area contributed by atoms with E-state index in [4.69, 9.17) is 0 Å². The van der Waals surface area contributed by atoms with E-state index in [0.29, 0.717) is 0 Å². The molecule has 0 aliphatic carbocycles. The number of carbonyl (C=O) groups is 1. The van der Waals surface area contributed by atoms with Crippen molar-refractivity contribution >= 4 is 54.7 Å². The summed E-state index contributed by atoms with van der Waals surface area (Å²) in [4.78, 5) is 13.2. The molecule has 5 rings (SSSR count). The lowest BCUT2D eigenvalue weighted by molar-refractivity contribution is 0.0989. The number of benzene rings is 3. The predicted octanol–water partition coefficient (Wildman–Crippen LogP) is 6.14. The van der Waals surface area contributed by atoms with Crippen LogP contribution in [0.25, 0.3) is 32.8 Å². The van der Waals surface area contributed by atoms with E-state index >= 15 is 0 Å². The molecule has 2 heterocycles. The molecule has 3 heteroatoms. The molecule has 2 nitrogen and oxygen atoms in total. The highest BCUT2D eigenvalue weighted by molar-refractivity contribution is 9.10. The predicted molar refractivity (Wildman–Crippen MR) is 107 cm³/mol. The molecule has 0 amide bonds. The SMILES string of the molecule is CC1=C(c2ccc3ccccc3c2)C(=O)n2c1cc1cc(Br)ccc12. The highest BCUT2D eigenvalue weighted by Crippen LogP contribution is 2.39. The van der Waals surface area contributed by atoms with Gasteiger partial charge in [-0.15, -0.1) is 0 Å². The van der Waals surface area contributed by atoms with Crippen molar-refractivity contribution in [1.82, 2.24) is 4.57 Å². The molecule has 0 saturated carbocycles. The zero-order valence-corrected chi connectivity index (χ0v) is 15.2. The summed E-state index contributed by atoms with van der Waals surface area (Å²) < 4.78 is 2.86. The van der Waals surface area contributed by atoms with Crippen LogP contribution in [0, 0.1) is 0 Å². The summed E-state index contributed by atoms with van der Waals surface area (Å²) >= 11 is 3.50. The number of halogens is 1. The molecule has 1 aromatic heterocycles. The Labute approximate surface area is 153 Å². The summed E-state index contributed by atoms with van der Waals surface area (Å²) in [5.74, 6) is 0.0557. The second-order valence-electron chi connectivity index (χ2n) is 6.44. The van der Waals surface area contributed by atoms with E-state index in [1.54, 1.807) is 0 Å². The molecule has 1 aliphatic rings. The molecule has 3 aromatic carbocycles. The van der Waals surface area contributed by atoms with Gasteiger partial charge in [0.2, 0.25) is 0 Å². The largest absolute Gasteiger partial charge is 0.276 e. The maximum Gasteiger partial charge on any atom is 0.263 e. The molecule has 0 unspecified atom stereocenters. The molecule has 0 bridgehead atoms. The molecule has 0 spiro atoms. The molecular weight excluding hydrogens is 374 g/mol. The normalized spacial score (nSPS) is 13.9. The summed E-state index contributed by atoms with van der Waals surface area (Å²) in [6.45, 7) is 2.04. The van der Waals surface area contributed by atoms with Crippen LogP contribution in [0.5, 0.6) is 0 Å². The standard InChI is InChI=1S/C22H14BrNO/c1-13-20-12-17-11-18(23)8-9-19(17)24(20)22(25)21(13)16-7-6-14-4-2-3-5-15(14)10-16/h2-12H,1H3. The van der Waals surface area contributed by atoms with Crippen LogP contribution in [0.3, 0.4) is 0 Å². The lowest BCUT2D eigenvalue weighted by Gasteiger charge is -2.06. The van der Waals surface area contributed by atoms with Crippen molar-refractivity contribution in [3.05, 3.63) is 82.5 Å². The number of allylic oxidation sites excluding steroid dienone is 2. The van der Waals surface area contributed by atoms with Crippen molar-refractivity contribution in [2.24, 2.45) is 0 Å². The second kappa shape index (κ2) is 5.17. The maximum atomic E-state index is 13.2. The fraction of sp³-hybridized carbons (Fsp3) is 0.0455. The third kappa shape index (κ3) is 2.06. The van der Waals surface area contributed by atoms with Crippen LogP contribution < -0.4 is 0 Å². The Bertz CT molecular complexity index is 1230. The van der Waals surface area contributed by atoms with Crippen LogP contribution in [-0.4, -0.2) is 10.5 Å². The molecular formula is C22H14BrNO. The van der Waals surface area contributed by atoms with Gasteiger partial charge in [-0.3, -0.25) is 9.36 Å². The molecule has 0 atom stereocenters. The van der Waals surface area contributed by atoms with Crippen molar-refractivity contribution < 1.29 is 4.79 Å². The Balaban J connectivity index is 1.74. The highest BCUT2D eigenvalue weighted by Gasteiger charge is 2.30. The van der Waals surface area contributed by atoms with E-state index < -0.39 is 0 Å². The number of hydrogen-bond acceptors (Lipinski definition) is 1. The molecule has 25 heavy (non-hydrogen) atoms. The number of rotatable bonds is 1. The van der Waals surface area contributed by atoms with E-state index in [1.807, 2.05) is 41.8 Å². The average Bonchev–Trinajstić information content (AvgIpc) is 3.10. The Morgan fingerprint density at radius 3 is 2.48 bits per heavy atom. The summed E-state index contributed by atoms with van der Waals surface area (Å²) in [6, 6.07) is 22.6. The van der Waals surface area contributed by atoms with Crippen molar-refractivity contribution in [2.75, 3.05) is 0 Å². The van der Waals surface area contributed by atoms with Crippen molar-refractivity contribution in [3.63, 3.8) is 0 Å². The van der Waals surface area contributed by atoms with Gasteiger partial charge >= 0.3 is 0 Å². The van der Waals surface area contributed by atoms with E-state index in [9.17, 15) is 4.79 Å². The van der Waals surface area contributed by atoms with E-state index in [2.05, 4.69) is 52.3 Å². The second-order valence-corrected chi connectivity index (χ2v) is 7.35. The van der Waals surface area contributed by atoms with E-state index in [0.717, 1.165) is 43.2 Å². The van der Waals surface area contributed by atoms with Gasteiger partial charge in [0.15, 0.2) is 0 Å². The van der Waals surface area contributed by atoms with Crippen LogP contribution in [0.15, 0.2) is 71.2 Å². The number of fused-ring (bicyclic) bond motifs is 4. The number of carbonyl (C=O) groups excluding carboxylic acids is 1. The Morgan fingerprint density at radius 1 is 0.840 bits per heavy atom. The fourth-order valence-corrected chi connectivity index (χ4v) is 4.14. The number of nitrogens with zero attached hydrogens (tertiary/aromatic N) is 1. The van der Waals surface area contributed by atoms with Crippen molar-refractivity contribution in [3.8, 4) is 0 Å². The molecule has 0 saturated heterocycles. The zero-order valence-electron chi connectivity index (χ0n) is 13.6. The monoisotopic (exact) mass is 387 g/mol. The van der Waals surface area contributed by atoms with Crippen molar-refractivity contribution in [1.29, 1.82) is 0 Å². The summed E-state index contributed by atoms with van der Waals surface area (Å²) in [5.41, 5.74) is 4.76. The first-order valence-corrected chi connectivity index (χ1v) is 8.99. The summed E-state index contributed by atoms with van der Waals surface area (Å²) in [6.07, 6.45) is 0. The third-order valence-electron chi connectivity index (χ3n) is 4.98. The zero-order chi connectivity index (χ0) is 17.1. The fourth-order valence-electron chi connectivity index (χ4n) is 3.77. The molecule has 0 N–H and O–H groups in total. The molecule has 1 aliphatic heterocycles. The minimum Gasteiger partial charge on any atom is -0.276 e. The Hall–Kier alpha value is -2.65. The van der Waals surface area contributed by atoms with E-state index in [-0.39, 0.29) is 5.91 Å². The summed E-state index contributed by atoms with van der Waals surface area (Å²) in [7, 11) is 0. The van der Waals surface area contributed by atoms with Gasteiger partial charge in [0.25, 0.3) is 5.91 Å². The van der Waals surface area contributed by atoms with Gasteiger partial charge < -0.3 is 0 Å². The topological polar surface area (TPSA) is 22.0 Å². The first-order valence-electron chi connectivity index (χ1n) is 8.19. The Morgan fingerprint density at radius 2 is 1.64 bits per heavy atom. The Kier molecular flexibility index (Phi) is 3.03. The minimum absolute atomic E-state index is 0.0557. The smallest absolute Gasteiger partial charge is 0.263 e. The van der Waals surface area contributed by atoms with Gasteiger partial charge in [0, 0.05) is 9.86 Å². The van der Waals surface area contributed by atoms with Gasteiger partial charge in [-0.05, 0) is 59.2 Å². The maximum absolute atomic E-state index is 13.2. The first kappa shape index (κ1) is 14.7. The van der Waals surface area contributed by atoms with Crippen LogP contribution in [0.2, 0.25) is 0 Å². The van der Waals surface area contributed by atoms with Crippen molar-refractivity contribution in [2.45, 2.75) is 6.92 Å². The van der Waals surface area contributed by atoms with Gasteiger partial charge in [0.05, 0.1) is 16.8 Å². The van der Waals surface area contributed by atoms with Gasteiger partial charge in [-0.25, -0.2) is 0 Å². The van der Waals surface area contributed by atoms with Crippen LogP contribution in [0.1, 0.15) is 23.0 Å². The van der Waals surface area contributed by atoms with Crippen LogP contribution in [-0.2, 0) is 0 Å². The van der Waals surface area contributed by atoms with Crippen LogP contribution >= 0.6 is 15.9 Å². The number of hydrogen-bond donors (Lipinski definition) is 0. The quantitative estimate of drug-likeness (QED) is 0.384. The molecule has 0 fully saturated rings. The molecule has 0 radical (unpaired) electrons. The average molecular weight is 388 g/mol. The van der Waals surface area contributed by atoms with Gasteiger partial charge in [0.1, 0.15) is 0 Å². The lowest BCUT2D eigenvalue weighted by atomic mass is 9.97. The first-order chi connectivity index (χ1) is 12.1. The summed E-state index contributed by atoms with van der Waals surface area (Å²) in [5, 5.41) is 3.41. The minimum atomic E-state index is 0.0557. The number of aromatic nitrogens is 1.